The molecule has 0 fully saturated rings. The fraction of sp³-hybridized carbons (Fsp3) is 0.316. The van der Waals surface area contributed by atoms with Gasteiger partial charge in [-0.25, -0.2) is 4.39 Å². The van der Waals surface area contributed by atoms with Gasteiger partial charge in [0.1, 0.15) is 17.2 Å². The van der Waals surface area contributed by atoms with Crippen LogP contribution in [0.1, 0.15) is 47.8 Å². The van der Waals surface area contributed by atoms with Crippen molar-refractivity contribution in [1.29, 1.82) is 0 Å². The first-order valence-corrected chi connectivity index (χ1v) is 7.91. The molecule has 1 unspecified atom stereocenters. The molecule has 3 N–H and O–H groups in total. The van der Waals surface area contributed by atoms with Crippen LogP contribution in [-0.2, 0) is 0 Å². The smallest absolute Gasteiger partial charge is 0.251 e. The molecule has 0 radical (unpaired) electrons. The van der Waals surface area contributed by atoms with Crippen molar-refractivity contribution in [3.63, 3.8) is 0 Å². The van der Waals surface area contributed by atoms with Crippen molar-refractivity contribution >= 4 is 11.6 Å². The summed E-state index contributed by atoms with van der Waals surface area (Å²) in [7, 11) is 0. The summed E-state index contributed by atoms with van der Waals surface area (Å²) in [5, 5.41) is 3.02. The quantitative estimate of drug-likeness (QED) is 0.825. The molecular formula is C19H21FN2O2. The van der Waals surface area contributed by atoms with E-state index in [9.17, 15) is 9.18 Å². The Kier molecular flexibility index (Phi) is 3.95. The van der Waals surface area contributed by atoms with Crippen molar-refractivity contribution in [2.45, 2.75) is 38.8 Å². The van der Waals surface area contributed by atoms with E-state index in [1.165, 1.54) is 12.1 Å². The Morgan fingerprint density at radius 1 is 1.29 bits per heavy atom. The molecule has 0 aromatic heterocycles. The highest BCUT2D eigenvalue weighted by atomic mass is 19.1. The minimum Gasteiger partial charge on any atom is -0.487 e. The van der Waals surface area contributed by atoms with E-state index in [4.69, 9.17) is 10.5 Å². The van der Waals surface area contributed by atoms with Crippen molar-refractivity contribution in [2.75, 3.05) is 5.73 Å². The number of aryl methyl sites for hydroxylation is 1. The van der Waals surface area contributed by atoms with Gasteiger partial charge in [0.2, 0.25) is 0 Å². The lowest BCUT2D eigenvalue weighted by atomic mass is 9.89. The van der Waals surface area contributed by atoms with E-state index in [2.05, 4.69) is 5.32 Å². The van der Waals surface area contributed by atoms with E-state index in [0.29, 0.717) is 23.2 Å². The lowest BCUT2D eigenvalue weighted by Crippen LogP contribution is -2.41. The molecule has 0 saturated carbocycles. The Morgan fingerprint density at radius 3 is 2.75 bits per heavy atom. The molecule has 1 aliphatic rings. The first-order valence-electron chi connectivity index (χ1n) is 7.91. The van der Waals surface area contributed by atoms with E-state index in [0.717, 1.165) is 11.3 Å². The summed E-state index contributed by atoms with van der Waals surface area (Å²) in [5.41, 5.74) is 7.84. The summed E-state index contributed by atoms with van der Waals surface area (Å²) in [6, 6.07) is 9.56. The van der Waals surface area contributed by atoms with Gasteiger partial charge in [0.15, 0.2) is 0 Å². The summed E-state index contributed by atoms with van der Waals surface area (Å²) < 4.78 is 19.4. The van der Waals surface area contributed by atoms with Gasteiger partial charge in [-0.2, -0.15) is 0 Å². The molecule has 3 rings (SSSR count). The number of amides is 1. The number of carbonyl (C=O) groups is 1. The Bertz CT molecular complexity index is 802. The molecule has 5 heteroatoms. The number of nitrogens with two attached hydrogens (primary N) is 1. The number of benzene rings is 2. The van der Waals surface area contributed by atoms with Crippen LogP contribution in [0.4, 0.5) is 10.1 Å². The van der Waals surface area contributed by atoms with Crippen LogP contribution in [0.5, 0.6) is 5.75 Å². The van der Waals surface area contributed by atoms with Crippen molar-refractivity contribution in [1.82, 2.24) is 5.32 Å². The van der Waals surface area contributed by atoms with E-state index >= 15 is 0 Å². The van der Waals surface area contributed by atoms with Gasteiger partial charge in [0.05, 0.1) is 6.04 Å². The molecule has 1 atom stereocenters. The molecule has 0 saturated heterocycles. The van der Waals surface area contributed by atoms with Crippen LogP contribution in [0.15, 0.2) is 36.4 Å². The molecular weight excluding hydrogens is 307 g/mol. The number of rotatable bonds is 2. The summed E-state index contributed by atoms with van der Waals surface area (Å²) in [5.74, 6) is 0.159. The number of hydrogen-bond acceptors (Lipinski definition) is 3. The Morgan fingerprint density at radius 2 is 2.04 bits per heavy atom. The Balaban J connectivity index is 1.90. The lowest BCUT2D eigenvalue weighted by molar-refractivity contribution is 0.0620. The number of carbonyl (C=O) groups excluding carboxylic acids is 1. The van der Waals surface area contributed by atoms with Gasteiger partial charge in [0, 0.05) is 23.2 Å². The van der Waals surface area contributed by atoms with Gasteiger partial charge in [-0.3, -0.25) is 4.79 Å². The Hall–Kier alpha value is -2.56. The van der Waals surface area contributed by atoms with E-state index < -0.39 is 5.60 Å². The maximum atomic E-state index is 13.4. The van der Waals surface area contributed by atoms with Crippen molar-refractivity contribution in [3.8, 4) is 5.75 Å². The van der Waals surface area contributed by atoms with E-state index in [1.54, 1.807) is 19.1 Å². The van der Waals surface area contributed by atoms with E-state index in [1.807, 2.05) is 26.0 Å². The predicted molar refractivity (Wildman–Crippen MR) is 91.5 cm³/mol. The van der Waals surface area contributed by atoms with Gasteiger partial charge in [-0.15, -0.1) is 0 Å². The largest absolute Gasteiger partial charge is 0.487 e. The first kappa shape index (κ1) is 16.3. The number of hydrogen-bond donors (Lipinski definition) is 2. The fourth-order valence-electron chi connectivity index (χ4n) is 3.03. The number of anilines is 1. The van der Waals surface area contributed by atoms with Crippen LogP contribution < -0.4 is 15.8 Å². The number of nitrogens with one attached hydrogen (secondary N) is 1. The minimum absolute atomic E-state index is 0.217. The second-order valence-electron chi connectivity index (χ2n) is 6.85. The number of nitrogen functional groups attached to an aromatic ring is 1. The zero-order valence-electron chi connectivity index (χ0n) is 14.0. The molecule has 2 aromatic carbocycles. The summed E-state index contributed by atoms with van der Waals surface area (Å²) in [4.78, 5) is 12.6. The molecule has 0 bridgehead atoms. The van der Waals surface area contributed by atoms with Gasteiger partial charge in [-0.05, 0) is 62.7 Å². The topological polar surface area (TPSA) is 64.3 Å². The maximum absolute atomic E-state index is 13.4. The summed E-state index contributed by atoms with van der Waals surface area (Å²) in [6.45, 7) is 5.60. The van der Waals surface area contributed by atoms with Crippen LogP contribution in [-0.4, -0.2) is 11.5 Å². The van der Waals surface area contributed by atoms with Crippen LogP contribution >= 0.6 is 0 Å². The zero-order chi connectivity index (χ0) is 17.5. The number of fused-ring (bicyclic) bond motifs is 1. The normalized spacial score (nSPS) is 18.4. The third kappa shape index (κ3) is 3.20. The standard InChI is InChI=1S/C19H21FN2O2/c1-11-8-12(4-6-15(11)20)18(23)22-16-10-19(2,3)24-17-7-5-13(21)9-14(16)17/h4-9,16H,10,21H2,1-3H3,(H,22,23). The predicted octanol–water partition coefficient (Wildman–Crippen LogP) is 3.75. The zero-order valence-corrected chi connectivity index (χ0v) is 14.0. The molecule has 1 aliphatic heterocycles. The number of halogens is 1. The van der Waals surface area contributed by atoms with Crippen molar-refractivity contribution in [2.24, 2.45) is 0 Å². The van der Waals surface area contributed by atoms with Gasteiger partial charge in [0.25, 0.3) is 5.91 Å². The summed E-state index contributed by atoms with van der Waals surface area (Å²) >= 11 is 0. The average Bonchev–Trinajstić information content (AvgIpc) is 2.50. The van der Waals surface area contributed by atoms with E-state index in [-0.39, 0.29) is 17.8 Å². The highest BCUT2D eigenvalue weighted by Gasteiger charge is 2.34. The van der Waals surface area contributed by atoms with Gasteiger partial charge >= 0.3 is 0 Å². The minimum atomic E-state index is -0.403. The highest BCUT2D eigenvalue weighted by Crippen LogP contribution is 2.40. The van der Waals surface area contributed by atoms with Crippen LogP contribution in [0, 0.1) is 12.7 Å². The maximum Gasteiger partial charge on any atom is 0.251 e. The van der Waals surface area contributed by atoms with Gasteiger partial charge < -0.3 is 15.8 Å². The number of ether oxygens (including phenoxy) is 1. The lowest BCUT2D eigenvalue weighted by Gasteiger charge is -2.38. The molecule has 24 heavy (non-hydrogen) atoms. The molecule has 1 amide bonds. The van der Waals surface area contributed by atoms with Gasteiger partial charge in [-0.1, -0.05) is 0 Å². The average molecular weight is 328 g/mol. The highest BCUT2D eigenvalue weighted by molar-refractivity contribution is 5.94. The molecule has 126 valence electrons. The molecule has 2 aromatic rings. The van der Waals surface area contributed by atoms with Crippen molar-refractivity contribution < 1.29 is 13.9 Å². The molecule has 0 spiro atoms. The van der Waals surface area contributed by atoms with Crippen LogP contribution in [0.25, 0.3) is 0 Å². The first-order chi connectivity index (χ1) is 11.2. The third-order valence-electron chi connectivity index (χ3n) is 4.22. The van der Waals surface area contributed by atoms with Crippen LogP contribution in [0.2, 0.25) is 0 Å². The Labute approximate surface area is 140 Å². The van der Waals surface area contributed by atoms with Crippen molar-refractivity contribution in [3.05, 3.63) is 58.9 Å². The SMILES string of the molecule is Cc1cc(C(=O)NC2CC(C)(C)Oc3ccc(N)cc32)ccc1F. The summed E-state index contributed by atoms with van der Waals surface area (Å²) in [6.07, 6.45) is 0.620. The second kappa shape index (κ2) is 5.82. The monoisotopic (exact) mass is 328 g/mol. The third-order valence-corrected chi connectivity index (χ3v) is 4.22. The molecule has 0 aliphatic carbocycles. The second-order valence-corrected chi connectivity index (χ2v) is 6.85. The molecule has 4 nitrogen and oxygen atoms in total. The van der Waals surface area contributed by atoms with Crippen LogP contribution in [0.3, 0.4) is 0 Å². The molecule has 1 heterocycles. The fourth-order valence-corrected chi connectivity index (χ4v) is 3.03.